The molecule has 0 atom stereocenters. The van der Waals surface area contributed by atoms with Crippen LogP contribution >= 0.6 is 11.6 Å². The zero-order chi connectivity index (χ0) is 17.2. The molecule has 4 rings (SSSR count). The normalized spacial score (nSPS) is 10.6. The number of nitrogens with zero attached hydrogens (tertiary/aromatic N) is 1. The van der Waals surface area contributed by atoms with E-state index in [0.717, 1.165) is 32.7 Å². The quantitative estimate of drug-likeness (QED) is 0.398. The van der Waals surface area contributed by atoms with Gasteiger partial charge in [0.2, 0.25) is 0 Å². The van der Waals surface area contributed by atoms with Crippen molar-refractivity contribution in [2.45, 2.75) is 0 Å². The maximum Gasteiger partial charge on any atom is 0.0991 e. The van der Waals surface area contributed by atoms with E-state index in [1.807, 2.05) is 42.5 Å². The van der Waals surface area contributed by atoms with Crippen LogP contribution in [0.5, 0.6) is 0 Å². The Bertz CT molecular complexity index is 1120. The highest BCUT2D eigenvalue weighted by Gasteiger charge is 2.10. The molecule has 2 heteroatoms. The SMILES string of the molecule is N#Cc1cccc(-c2cccc3cccc(-c4cccc(Cl)c4)c23)c1. The lowest BCUT2D eigenvalue weighted by Gasteiger charge is -2.13. The molecule has 4 aromatic carbocycles. The number of nitriles is 1. The predicted octanol–water partition coefficient (Wildman–Crippen LogP) is 6.70. The van der Waals surface area contributed by atoms with E-state index in [1.165, 1.54) is 5.39 Å². The van der Waals surface area contributed by atoms with Crippen molar-refractivity contribution in [1.82, 2.24) is 0 Å². The minimum Gasteiger partial charge on any atom is -0.192 e. The number of rotatable bonds is 2. The maximum atomic E-state index is 9.22. The summed E-state index contributed by atoms with van der Waals surface area (Å²) in [6, 6.07) is 30.4. The van der Waals surface area contributed by atoms with Crippen LogP contribution in [0.25, 0.3) is 33.0 Å². The highest BCUT2D eigenvalue weighted by molar-refractivity contribution is 6.31. The molecule has 0 heterocycles. The zero-order valence-electron chi connectivity index (χ0n) is 13.4. The van der Waals surface area contributed by atoms with Crippen LogP contribution in [-0.4, -0.2) is 0 Å². The molecule has 118 valence electrons. The number of fused-ring (bicyclic) bond motifs is 1. The first-order chi connectivity index (χ1) is 12.3. The van der Waals surface area contributed by atoms with Gasteiger partial charge in [0.05, 0.1) is 11.6 Å². The number of benzene rings is 4. The first-order valence-corrected chi connectivity index (χ1v) is 8.42. The fourth-order valence-electron chi connectivity index (χ4n) is 3.23. The summed E-state index contributed by atoms with van der Waals surface area (Å²) >= 11 is 6.21. The van der Waals surface area contributed by atoms with Gasteiger partial charge in [-0.2, -0.15) is 5.26 Å². The zero-order valence-corrected chi connectivity index (χ0v) is 14.2. The Labute approximate surface area is 151 Å². The average Bonchev–Trinajstić information content (AvgIpc) is 2.67. The molecule has 0 aliphatic rings. The molecule has 0 spiro atoms. The highest BCUT2D eigenvalue weighted by Crippen LogP contribution is 2.37. The van der Waals surface area contributed by atoms with E-state index in [4.69, 9.17) is 11.6 Å². The molecule has 0 aliphatic carbocycles. The topological polar surface area (TPSA) is 23.8 Å². The van der Waals surface area contributed by atoms with Crippen LogP contribution in [0.3, 0.4) is 0 Å². The third kappa shape index (κ3) is 2.89. The van der Waals surface area contributed by atoms with Gasteiger partial charge < -0.3 is 0 Å². The van der Waals surface area contributed by atoms with E-state index >= 15 is 0 Å². The molecular weight excluding hydrogens is 326 g/mol. The van der Waals surface area contributed by atoms with Gasteiger partial charge in [0.25, 0.3) is 0 Å². The molecule has 4 aromatic rings. The molecule has 25 heavy (non-hydrogen) atoms. The Morgan fingerprint density at radius 3 is 1.92 bits per heavy atom. The van der Waals surface area contributed by atoms with Crippen molar-refractivity contribution in [1.29, 1.82) is 5.26 Å². The van der Waals surface area contributed by atoms with Gasteiger partial charge in [0, 0.05) is 5.02 Å². The molecule has 0 saturated carbocycles. The molecule has 1 nitrogen and oxygen atoms in total. The van der Waals surface area contributed by atoms with Gasteiger partial charge in [-0.25, -0.2) is 0 Å². The van der Waals surface area contributed by atoms with Crippen LogP contribution in [0.2, 0.25) is 5.02 Å². The predicted molar refractivity (Wildman–Crippen MR) is 105 cm³/mol. The molecular formula is C23H14ClN. The van der Waals surface area contributed by atoms with Crippen molar-refractivity contribution in [3.8, 4) is 28.3 Å². The van der Waals surface area contributed by atoms with Gasteiger partial charge in [-0.05, 0) is 57.3 Å². The van der Waals surface area contributed by atoms with Gasteiger partial charge >= 0.3 is 0 Å². The second-order valence-electron chi connectivity index (χ2n) is 5.91. The largest absolute Gasteiger partial charge is 0.192 e. The second kappa shape index (κ2) is 6.43. The molecule has 0 bridgehead atoms. The van der Waals surface area contributed by atoms with Crippen molar-refractivity contribution >= 4 is 22.4 Å². The Balaban J connectivity index is 2.05. The van der Waals surface area contributed by atoms with Crippen LogP contribution < -0.4 is 0 Å². The molecule has 0 radical (unpaired) electrons. The van der Waals surface area contributed by atoms with Crippen LogP contribution in [0, 0.1) is 11.3 Å². The third-order valence-electron chi connectivity index (χ3n) is 4.34. The van der Waals surface area contributed by atoms with Crippen LogP contribution in [0.15, 0.2) is 84.9 Å². The molecule has 0 N–H and O–H groups in total. The van der Waals surface area contributed by atoms with Gasteiger partial charge in [0.1, 0.15) is 0 Å². The minimum atomic E-state index is 0.662. The summed E-state index contributed by atoms with van der Waals surface area (Å²) in [6.07, 6.45) is 0. The molecule has 0 fully saturated rings. The second-order valence-corrected chi connectivity index (χ2v) is 6.35. The van der Waals surface area contributed by atoms with Gasteiger partial charge in [-0.15, -0.1) is 0 Å². The Kier molecular flexibility index (Phi) is 3.98. The number of hydrogen-bond acceptors (Lipinski definition) is 1. The number of halogens is 1. The standard InChI is InChI=1S/C23H14ClN/c24-20-10-2-9-19(14-20)22-12-4-7-17-6-3-11-21(23(17)22)18-8-1-5-16(13-18)15-25/h1-14H. The fraction of sp³-hybridized carbons (Fsp3) is 0. The van der Waals surface area contributed by atoms with Crippen LogP contribution in [0.1, 0.15) is 5.56 Å². The van der Waals surface area contributed by atoms with E-state index in [0.29, 0.717) is 5.56 Å². The van der Waals surface area contributed by atoms with E-state index < -0.39 is 0 Å². The summed E-state index contributed by atoms with van der Waals surface area (Å²) in [5.74, 6) is 0. The Morgan fingerprint density at radius 1 is 0.680 bits per heavy atom. The summed E-state index contributed by atoms with van der Waals surface area (Å²) < 4.78 is 0. The van der Waals surface area contributed by atoms with Crippen molar-refractivity contribution < 1.29 is 0 Å². The summed E-state index contributed by atoms with van der Waals surface area (Å²) in [5, 5.41) is 12.3. The lowest BCUT2D eigenvalue weighted by Crippen LogP contribution is -1.87. The first-order valence-electron chi connectivity index (χ1n) is 8.04. The van der Waals surface area contributed by atoms with Gasteiger partial charge in [-0.3, -0.25) is 0 Å². The summed E-state index contributed by atoms with van der Waals surface area (Å²) in [7, 11) is 0. The minimum absolute atomic E-state index is 0.662. The van der Waals surface area contributed by atoms with E-state index in [9.17, 15) is 5.26 Å². The van der Waals surface area contributed by atoms with E-state index in [2.05, 4.69) is 48.5 Å². The monoisotopic (exact) mass is 339 g/mol. The molecule has 0 unspecified atom stereocenters. The van der Waals surface area contributed by atoms with Crippen LogP contribution in [-0.2, 0) is 0 Å². The maximum absolute atomic E-state index is 9.22. The van der Waals surface area contributed by atoms with E-state index in [-0.39, 0.29) is 0 Å². The lowest BCUT2D eigenvalue weighted by molar-refractivity contribution is 1.48. The average molecular weight is 340 g/mol. The smallest absolute Gasteiger partial charge is 0.0991 e. The van der Waals surface area contributed by atoms with Crippen molar-refractivity contribution in [2.24, 2.45) is 0 Å². The van der Waals surface area contributed by atoms with Crippen molar-refractivity contribution in [2.75, 3.05) is 0 Å². The fourth-order valence-corrected chi connectivity index (χ4v) is 3.42. The van der Waals surface area contributed by atoms with Crippen molar-refractivity contribution in [3.05, 3.63) is 95.5 Å². The van der Waals surface area contributed by atoms with Crippen molar-refractivity contribution in [3.63, 3.8) is 0 Å². The van der Waals surface area contributed by atoms with Gasteiger partial charge in [-0.1, -0.05) is 72.3 Å². The van der Waals surface area contributed by atoms with E-state index in [1.54, 1.807) is 0 Å². The Morgan fingerprint density at radius 2 is 1.28 bits per heavy atom. The van der Waals surface area contributed by atoms with Crippen LogP contribution in [0.4, 0.5) is 0 Å². The molecule has 0 amide bonds. The third-order valence-corrected chi connectivity index (χ3v) is 4.58. The summed E-state index contributed by atoms with van der Waals surface area (Å²) in [5.41, 5.74) is 5.04. The first kappa shape index (κ1) is 15.4. The summed E-state index contributed by atoms with van der Waals surface area (Å²) in [4.78, 5) is 0. The van der Waals surface area contributed by atoms with Gasteiger partial charge in [0.15, 0.2) is 0 Å². The summed E-state index contributed by atoms with van der Waals surface area (Å²) in [6.45, 7) is 0. The molecule has 0 aromatic heterocycles. The highest BCUT2D eigenvalue weighted by atomic mass is 35.5. The lowest BCUT2D eigenvalue weighted by atomic mass is 9.91. The number of hydrogen-bond donors (Lipinski definition) is 0. The Hall–Kier alpha value is -3.08. The molecule has 0 saturated heterocycles. The molecule has 0 aliphatic heterocycles.